The van der Waals surface area contributed by atoms with Crippen LogP contribution in [0.1, 0.15) is 56.3 Å². The number of amides is 1. The number of nitrogens with two attached hydrogens (primary N) is 1. The average Bonchev–Trinajstić information content (AvgIpc) is 3.03. The van der Waals surface area contributed by atoms with E-state index in [0.29, 0.717) is 36.1 Å². The van der Waals surface area contributed by atoms with E-state index in [-0.39, 0.29) is 23.9 Å². The molecule has 0 spiro atoms. The van der Waals surface area contributed by atoms with Gasteiger partial charge in [0.05, 0.1) is 19.3 Å². The van der Waals surface area contributed by atoms with Gasteiger partial charge in [0, 0.05) is 12.1 Å². The van der Waals surface area contributed by atoms with E-state index >= 15 is 0 Å². The van der Waals surface area contributed by atoms with Crippen molar-refractivity contribution in [1.82, 2.24) is 5.32 Å². The van der Waals surface area contributed by atoms with E-state index in [4.69, 9.17) is 15.2 Å². The fourth-order valence-electron chi connectivity index (χ4n) is 3.08. The van der Waals surface area contributed by atoms with Crippen molar-refractivity contribution in [1.29, 1.82) is 0 Å². The van der Waals surface area contributed by atoms with Crippen molar-refractivity contribution < 1.29 is 14.3 Å². The number of nitrogens with one attached hydrogen (secondary N) is 1. The van der Waals surface area contributed by atoms with E-state index in [1.54, 1.807) is 25.3 Å². The second-order valence-electron chi connectivity index (χ2n) is 7.04. The SMILES string of the molecule is COc1cc(C(=O)NC2(CN)CCCC2)ccc1OCCC(C)C.Cl. The van der Waals surface area contributed by atoms with Crippen LogP contribution in [0.3, 0.4) is 0 Å². The summed E-state index contributed by atoms with van der Waals surface area (Å²) in [5, 5.41) is 3.13. The molecule has 0 saturated heterocycles. The molecule has 1 aromatic rings. The van der Waals surface area contributed by atoms with Gasteiger partial charge in [0.1, 0.15) is 0 Å². The van der Waals surface area contributed by atoms with Crippen molar-refractivity contribution in [2.45, 2.75) is 51.5 Å². The van der Waals surface area contributed by atoms with Gasteiger partial charge in [-0.2, -0.15) is 0 Å². The van der Waals surface area contributed by atoms with Crippen LogP contribution in [0.15, 0.2) is 18.2 Å². The number of hydrogen-bond donors (Lipinski definition) is 2. The zero-order valence-corrected chi connectivity index (χ0v) is 16.3. The van der Waals surface area contributed by atoms with Crippen molar-refractivity contribution in [2.75, 3.05) is 20.3 Å². The van der Waals surface area contributed by atoms with E-state index in [0.717, 1.165) is 32.1 Å². The largest absolute Gasteiger partial charge is 0.493 e. The van der Waals surface area contributed by atoms with E-state index in [2.05, 4.69) is 19.2 Å². The lowest BCUT2D eigenvalue weighted by atomic mass is 9.97. The molecule has 1 fully saturated rings. The molecule has 0 aromatic heterocycles. The molecule has 3 N–H and O–H groups in total. The minimum absolute atomic E-state index is 0. The Morgan fingerprint density at radius 2 is 1.96 bits per heavy atom. The van der Waals surface area contributed by atoms with Crippen LogP contribution in [0.25, 0.3) is 0 Å². The van der Waals surface area contributed by atoms with Gasteiger partial charge in [-0.25, -0.2) is 0 Å². The monoisotopic (exact) mass is 370 g/mol. The van der Waals surface area contributed by atoms with Crippen molar-refractivity contribution in [3.05, 3.63) is 23.8 Å². The third-order valence-electron chi connectivity index (χ3n) is 4.71. The van der Waals surface area contributed by atoms with Crippen molar-refractivity contribution in [3.8, 4) is 11.5 Å². The van der Waals surface area contributed by atoms with Gasteiger partial charge in [0.2, 0.25) is 0 Å². The van der Waals surface area contributed by atoms with Crippen LogP contribution in [0, 0.1) is 5.92 Å². The first kappa shape index (κ1) is 21.6. The molecular weight excluding hydrogens is 340 g/mol. The Hall–Kier alpha value is -1.46. The van der Waals surface area contributed by atoms with E-state index in [1.165, 1.54) is 0 Å². The molecule has 142 valence electrons. The number of rotatable bonds is 8. The predicted octanol–water partition coefficient (Wildman–Crippen LogP) is 3.54. The first-order valence-electron chi connectivity index (χ1n) is 8.83. The molecule has 1 saturated carbocycles. The number of hydrogen-bond acceptors (Lipinski definition) is 4. The Balaban J connectivity index is 0.00000312. The number of halogens is 1. The van der Waals surface area contributed by atoms with E-state index in [9.17, 15) is 4.79 Å². The lowest BCUT2D eigenvalue weighted by Crippen LogP contribution is -2.51. The van der Waals surface area contributed by atoms with Gasteiger partial charge in [-0.05, 0) is 43.4 Å². The summed E-state index contributed by atoms with van der Waals surface area (Å²) in [6.07, 6.45) is 5.10. The molecule has 0 atom stereocenters. The zero-order chi connectivity index (χ0) is 17.6. The maximum Gasteiger partial charge on any atom is 0.251 e. The van der Waals surface area contributed by atoms with Crippen molar-refractivity contribution in [2.24, 2.45) is 11.7 Å². The van der Waals surface area contributed by atoms with Gasteiger partial charge in [-0.3, -0.25) is 4.79 Å². The summed E-state index contributed by atoms with van der Waals surface area (Å²) in [5.74, 6) is 1.73. The molecule has 2 rings (SSSR count). The standard InChI is InChI=1S/C19H30N2O3.ClH/c1-14(2)8-11-24-16-7-6-15(12-17(16)23-3)18(22)21-19(13-20)9-4-5-10-19;/h6-7,12,14H,4-5,8-11,13,20H2,1-3H3,(H,21,22);1H. The highest BCUT2D eigenvalue weighted by molar-refractivity contribution is 5.95. The predicted molar refractivity (Wildman–Crippen MR) is 103 cm³/mol. The maximum atomic E-state index is 12.6. The number of methoxy groups -OCH3 is 1. The zero-order valence-electron chi connectivity index (χ0n) is 15.5. The molecule has 0 aliphatic heterocycles. The lowest BCUT2D eigenvalue weighted by Gasteiger charge is -2.28. The molecule has 0 bridgehead atoms. The van der Waals surface area contributed by atoms with Crippen LogP contribution in [-0.4, -0.2) is 31.7 Å². The molecule has 0 radical (unpaired) electrons. The van der Waals surface area contributed by atoms with Crippen molar-refractivity contribution >= 4 is 18.3 Å². The Bertz CT molecular complexity index is 558. The Labute approximate surface area is 157 Å². The maximum absolute atomic E-state index is 12.6. The van der Waals surface area contributed by atoms with Crippen LogP contribution >= 0.6 is 12.4 Å². The molecule has 1 aromatic carbocycles. The Morgan fingerprint density at radius 3 is 2.52 bits per heavy atom. The summed E-state index contributed by atoms with van der Waals surface area (Å²) < 4.78 is 11.2. The second-order valence-corrected chi connectivity index (χ2v) is 7.04. The molecule has 1 amide bonds. The first-order valence-corrected chi connectivity index (χ1v) is 8.83. The minimum Gasteiger partial charge on any atom is -0.493 e. The van der Waals surface area contributed by atoms with Crippen LogP contribution in [0.5, 0.6) is 11.5 Å². The third-order valence-corrected chi connectivity index (χ3v) is 4.71. The van der Waals surface area contributed by atoms with Gasteiger partial charge in [0.15, 0.2) is 11.5 Å². The van der Waals surface area contributed by atoms with Crippen LogP contribution in [0.2, 0.25) is 0 Å². The summed E-state index contributed by atoms with van der Waals surface area (Å²) in [6, 6.07) is 5.32. The first-order chi connectivity index (χ1) is 11.5. The van der Waals surface area contributed by atoms with Crippen LogP contribution < -0.4 is 20.5 Å². The molecule has 0 heterocycles. The summed E-state index contributed by atoms with van der Waals surface area (Å²) in [6.45, 7) is 5.43. The quantitative estimate of drug-likeness (QED) is 0.734. The molecule has 5 nitrogen and oxygen atoms in total. The number of benzene rings is 1. The fourth-order valence-corrected chi connectivity index (χ4v) is 3.08. The Morgan fingerprint density at radius 1 is 1.28 bits per heavy atom. The second kappa shape index (κ2) is 9.88. The van der Waals surface area contributed by atoms with Crippen molar-refractivity contribution in [3.63, 3.8) is 0 Å². The summed E-state index contributed by atoms with van der Waals surface area (Å²) in [5.41, 5.74) is 6.21. The van der Waals surface area contributed by atoms with Gasteiger partial charge in [0.25, 0.3) is 5.91 Å². The van der Waals surface area contributed by atoms with Gasteiger partial charge < -0.3 is 20.5 Å². The lowest BCUT2D eigenvalue weighted by molar-refractivity contribution is 0.0902. The highest BCUT2D eigenvalue weighted by Crippen LogP contribution is 2.31. The molecule has 1 aliphatic rings. The van der Waals surface area contributed by atoms with Gasteiger partial charge in [-0.1, -0.05) is 26.7 Å². The molecular formula is C19H31ClN2O3. The fraction of sp³-hybridized carbons (Fsp3) is 0.632. The van der Waals surface area contributed by atoms with E-state index < -0.39 is 0 Å². The summed E-state index contributed by atoms with van der Waals surface area (Å²) in [7, 11) is 1.59. The smallest absolute Gasteiger partial charge is 0.251 e. The summed E-state index contributed by atoms with van der Waals surface area (Å²) >= 11 is 0. The number of ether oxygens (including phenoxy) is 2. The minimum atomic E-state index is -0.253. The van der Waals surface area contributed by atoms with Gasteiger partial charge >= 0.3 is 0 Å². The molecule has 25 heavy (non-hydrogen) atoms. The Kier molecular flexibility index (Phi) is 8.53. The number of carbonyl (C=O) groups excluding carboxylic acids is 1. The average molecular weight is 371 g/mol. The number of carbonyl (C=O) groups is 1. The van der Waals surface area contributed by atoms with Crippen LogP contribution in [0.4, 0.5) is 0 Å². The third kappa shape index (κ3) is 5.79. The summed E-state index contributed by atoms with van der Waals surface area (Å²) in [4.78, 5) is 12.6. The topological polar surface area (TPSA) is 73.6 Å². The highest BCUT2D eigenvalue weighted by Gasteiger charge is 2.34. The van der Waals surface area contributed by atoms with Gasteiger partial charge in [-0.15, -0.1) is 12.4 Å². The highest BCUT2D eigenvalue weighted by atomic mass is 35.5. The molecule has 6 heteroatoms. The van der Waals surface area contributed by atoms with Crippen LogP contribution in [-0.2, 0) is 0 Å². The van der Waals surface area contributed by atoms with E-state index in [1.807, 2.05) is 0 Å². The molecule has 0 unspecified atom stereocenters. The molecule has 1 aliphatic carbocycles. The normalized spacial score (nSPS) is 15.6.